The summed E-state index contributed by atoms with van der Waals surface area (Å²) >= 11 is 0. The topological polar surface area (TPSA) is 111 Å². The zero-order chi connectivity index (χ0) is 13.9. The molecular weight excluding hydrogens is 266 g/mol. The first kappa shape index (κ1) is 13.4. The summed E-state index contributed by atoms with van der Waals surface area (Å²) in [5.74, 6) is 0.850. The normalized spacial score (nSPS) is 11.4. The molecular formula is C12H15N3O3S. The lowest BCUT2D eigenvalue weighted by Crippen LogP contribution is -2.13. The van der Waals surface area contributed by atoms with Gasteiger partial charge in [-0.2, -0.15) is 0 Å². The van der Waals surface area contributed by atoms with Gasteiger partial charge in [-0.15, -0.1) is 0 Å². The Labute approximate surface area is 111 Å². The van der Waals surface area contributed by atoms with E-state index in [1.54, 1.807) is 12.3 Å². The number of furan rings is 1. The molecule has 0 saturated heterocycles. The van der Waals surface area contributed by atoms with Crippen LogP contribution in [-0.2, 0) is 16.4 Å². The minimum absolute atomic E-state index is 0.00648. The zero-order valence-corrected chi connectivity index (χ0v) is 11.0. The number of benzene rings is 1. The molecule has 0 saturated carbocycles. The maximum absolute atomic E-state index is 11.3. The second-order valence-electron chi connectivity index (χ2n) is 4.09. The van der Waals surface area contributed by atoms with Crippen LogP contribution in [0.4, 0.5) is 11.4 Å². The molecule has 0 atom stereocenters. The van der Waals surface area contributed by atoms with Crippen LogP contribution >= 0.6 is 0 Å². The molecule has 0 amide bonds. The summed E-state index contributed by atoms with van der Waals surface area (Å²) in [6.45, 7) is 0.598. The van der Waals surface area contributed by atoms with E-state index in [0.717, 1.165) is 5.76 Å². The summed E-state index contributed by atoms with van der Waals surface area (Å²) < 4.78 is 27.7. The molecule has 1 aromatic carbocycles. The molecule has 0 aliphatic rings. The van der Waals surface area contributed by atoms with Crippen molar-refractivity contribution in [1.82, 2.24) is 0 Å². The molecule has 0 aliphatic carbocycles. The highest BCUT2D eigenvalue weighted by atomic mass is 32.2. The van der Waals surface area contributed by atoms with Crippen LogP contribution in [0.15, 0.2) is 45.9 Å². The fourth-order valence-corrected chi connectivity index (χ4v) is 2.26. The van der Waals surface area contributed by atoms with Gasteiger partial charge >= 0.3 is 0 Å². The fraction of sp³-hybridized carbons (Fsp3) is 0.167. The Bertz CT molecular complexity index is 651. The van der Waals surface area contributed by atoms with Gasteiger partial charge in [0.15, 0.2) is 0 Å². The first-order valence-electron chi connectivity index (χ1n) is 5.65. The van der Waals surface area contributed by atoms with E-state index in [9.17, 15) is 8.42 Å². The number of nitrogens with one attached hydrogen (secondary N) is 1. The van der Waals surface area contributed by atoms with Gasteiger partial charge in [-0.25, -0.2) is 13.6 Å². The van der Waals surface area contributed by atoms with E-state index in [0.29, 0.717) is 24.3 Å². The maximum atomic E-state index is 11.3. The minimum Gasteiger partial charge on any atom is -0.469 e. The van der Waals surface area contributed by atoms with Gasteiger partial charge in [-0.1, -0.05) is 0 Å². The molecule has 102 valence electrons. The monoisotopic (exact) mass is 281 g/mol. The molecule has 1 heterocycles. The molecule has 5 N–H and O–H groups in total. The number of nitrogens with two attached hydrogens (primary N) is 2. The Morgan fingerprint density at radius 2 is 2.05 bits per heavy atom. The Hall–Kier alpha value is -1.99. The van der Waals surface area contributed by atoms with Crippen molar-refractivity contribution in [2.24, 2.45) is 5.14 Å². The van der Waals surface area contributed by atoms with Crippen molar-refractivity contribution in [3.8, 4) is 0 Å². The summed E-state index contributed by atoms with van der Waals surface area (Å²) in [6, 6.07) is 8.11. The lowest BCUT2D eigenvalue weighted by Gasteiger charge is -2.08. The van der Waals surface area contributed by atoms with E-state index >= 15 is 0 Å². The van der Waals surface area contributed by atoms with E-state index < -0.39 is 10.0 Å². The van der Waals surface area contributed by atoms with Gasteiger partial charge in [-0.3, -0.25) is 0 Å². The summed E-state index contributed by atoms with van der Waals surface area (Å²) in [7, 11) is -3.75. The predicted molar refractivity (Wildman–Crippen MR) is 73.1 cm³/mol. The van der Waals surface area contributed by atoms with Crippen molar-refractivity contribution < 1.29 is 12.8 Å². The lowest BCUT2D eigenvalue weighted by molar-refractivity contribution is 0.513. The Morgan fingerprint density at radius 1 is 1.26 bits per heavy atom. The standard InChI is InChI=1S/C12H15N3O3S/c13-9-6-10(8-12(7-9)19(14,16)17)15-4-3-11-2-1-5-18-11/h1-2,5-8,15H,3-4,13H2,(H2,14,16,17). The van der Waals surface area contributed by atoms with Gasteiger partial charge in [0.2, 0.25) is 10.0 Å². The quantitative estimate of drug-likeness (QED) is 0.712. The number of hydrogen-bond donors (Lipinski definition) is 3. The van der Waals surface area contributed by atoms with Crippen LogP contribution in [0.2, 0.25) is 0 Å². The smallest absolute Gasteiger partial charge is 0.238 e. The summed E-state index contributed by atoms with van der Waals surface area (Å²) in [4.78, 5) is -0.00648. The van der Waals surface area contributed by atoms with Crippen LogP contribution in [0.1, 0.15) is 5.76 Å². The number of anilines is 2. The summed E-state index contributed by atoms with van der Waals surface area (Å²) in [5.41, 5.74) is 6.59. The zero-order valence-electron chi connectivity index (χ0n) is 10.2. The first-order chi connectivity index (χ1) is 8.95. The van der Waals surface area contributed by atoms with Crippen molar-refractivity contribution in [2.45, 2.75) is 11.3 Å². The van der Waals surface area contributed by atoms with E-state index in [2.05, 4.69) is 5.32 Å². The van der Waals surface area contributed by atoms with E-state index in [1.165, 1.54) is 12.1 Å². The Balaban J connectivity index is 2.06. The molecule has 2 aromatic rings. The predicted octanol–water partition coefficient (Wildman–Crippen LogP) is 1.16. The second-order valence-corrected chi connectivity index (χ2v) is 5.65. The summed E-state index contributed by atoms with van der Waals surface area (Å²) in [6.07, 6.45) is 2.29. The van der Waals surface area contributed by atoms with Gasteiger partial charge in [0.05, 0.1) is 11.2 Å². The molecule has 19 heavy (non-hydrogen) atoms. The van der Waals surface area contributed by atoms with Crippen LogP contribution in [0.3, 0.4) is 0 Å². The molecule has 2 rings (SSSR count). The highest BCUT2D eigenvalue weighted by Crippen LogP contribution is 2.19. The number of hydrogen-bond acceptors (Lipinski definition) is 5. The molecule has 0 bridgehead atoms. The third-order valence-electron chi connectivity index (χ3n) is 2.54. The number of rotatable bonds is 5. The van der Waals surface area contributed by atoms with Crippen LogP contribution in [0.25, 0.3) is 0 Å². The van der Waals surface area contributed by atoms with Crippen LogP contribution in [0.5, 0.6) is 0 Å². The number of nitrogen functional groups attached to an aromatic ring is 1. The SMILES string of the molecule is Nc1cc(NCCc2ccco2)cc(S(N)(=O)=O)c1. The number of sulfonamides is 1. The van der Waals surface area contributed by atoms with E-state index in [-0.39, 0.29) is 4.90 Å². The molecule has 6 nitrogen and oxygen atoms in total. The largest absolute Gasteiger partial charge is 0.469 e. The molecule has 0 fully saturated rings. The number of primary sulfonamides is 1. The molecule has 0 aliphatic heterocycles. The lowest BCUT2D eigenvalue weighted by atomic mass is 10.2. The fourth-order valence-electron chi connectivity index (χ4n) is 1.67. The average molecular weight is 281 g/mol. The van der Waals surface area contributed by atoms with Gasteiger partial charge in [-0.05, 0) is 30.3 Å². The maximum Gasteiger partial charge on any atom is 0.238 e. The summed E-state index contributed by atoms with van der Waals surface area (Å²) in [5, 5.41) is 8.15. The van der Waals surface area contributed by atoms with Crippen LogP contribution < -0.4 is 16.2 Å². The van der Waals surface area contributed by atoms with E-state index in [1.807, 2.05) is 12.1 Å². The van der Waals surface area contributed by atoms with Gasteiger partial charge in [0.1, 0.15) is 5.76 Å². The van der Waals surface area contributed by atoms with Gasteiger partial charge in [0.25, 0.3) is 0 Å². The third-order valence-corrected chi connectivity index (χ3v) is 3.43. The molecule has 0 unspecified atom stereocenters. The Morgan fingerprint density at radius 3 is 2.68 bits per heavy atom. The van der Waals surface area contributed by atoms with Crippen molar-refractivity contribution in [3.63, 3.8) is 0 Å². The van der Waals surface area contributed by atoms with Gasteiger partial charge in [0, 0.05) is 24.3 Å². The van der Waals surface area contributed by atoms with Crippen molar-refractivity contribution in [1.29, 1.82) is 0 Å². The molecule has 0 radical (unpaired) electrons. The van der Waals surface area contributed by atoms with Crippen molar-refractivity contribution in [2.75, 3.05) is 17.6 Å². The van der Waals surface area contributed by atoms with Crippen molar-refractivity contribution >= 4 is 21.4 Å². The molecule has 1 aromatic heterocycles. The molecule has 7 heteroatoms. The van der Waals surface area contributed by atoms with Crippen LogP contribution in [-0.4, -0.2) is 15.0 Å². The average Bonchev–Trinajstić information content (AvgIpc) is 2.80. The van der Waals surface area contributed by atoms with E-state index in [4.69, 9.17) is 15.3 Å². The highest BCUT2D eigenvalue weighted by Gasteiger charge is 2.09. The van der Waals surface area contributed by atoms with Crippen LogP contribution in [0, 0.1) is 0 Å². The Kier molecular flexibility index (Phi) is 3.77. The second kappa shape index (κ2) is 5.33. The minimum atomic E-state index is -3.75. The molecule has 0 spiro atoms. The van der Waals surface area contributed by atoms with Crippen molar-refractivity contribution in [3.05, 3.63) is 42.4 Å². The highest BCUT2D eigenvalue weighted by molar-refractivity contribution is 7.89. The first-order valence-corrected chi connectivity index (χ1v) is 7.19. The van der Waals surface area contributed by atoms with Gasteiger partial charge < -0.3 is 15.5 Å². The third kappa shape index (κ3) is 3.73.